The molecular weight excluding hydrogens is 320 g/mol. The van der Waals surface area contributed by atoms with E-state index in [4.69, 9.17) is 0 Å². The van der Waals surface area contributed by atoms with Crippen molar-refractivity contribution in [1.29, 1.82) is 0 Å². The molecule has 24 heavy (non-hydrogen) atoms. The van der Waals surface area contributed by atoms with E-state index < -0.39 is 10.0 Å². The molecule has 0 fully saturated rings. The van der Waals surface area contributed by atoms with E-state index in [2.05, 4.69) is 4.98 Å². The van der Waals surface area contributed by atoms with Gasteiger partial charge in [-0.25, -0.2) is 8.42 Å². The molecule has 0 radical (unpaired) electrons. The Morgan fingerprint density at radius 2 is 1.83 bits per heavy atom. The lowest BCUT2D eigenvalue weighted by Crippen LogP contribution is -2.35. The van der Waals surface area contributed by atoms with Crippen molar-refractivity contribution in [2.45, 2.75) is 24.7 Å². The Bertz CT molecular complexity index is 1030. The van der Waals surface area contributed by atoms with Crippen molar-refractivity contribution < 1.29 is 8.42 Å². The molecule has 1 aliphatic heterocycles. The first kappa shape index (κ1) is 15.1. The summed E-state index contributed by atoms with van der Waals surface area (Å²) in [4.78, 5) is 4.77. The van der Waals surface area contributed by atoms with E-state index in [1.807, 2.05) is 49.4 Å². The first-order chi connectivity index (χ1) is 11.6. The molecule has 0 saturated heterocycles. The molecule has 0 aliphatic carbocycles. The van der Waals surface area contributed by atoms with Gasteiger partial charge in [0, 0.05) is 17.6 Å². The molecule has 122 valence electrons. The van der Waals surface area contributed by atoms with Crippen LogP contribution in [-0.2, 0) is 16.4 Å². The van der Waals surface area contributed by atoms with Gasteiger partial charge in [0.25, 0.3) is 10.0 Å². The minimum atomic E-state index is -3.65. The van der Waals surface area contributed by atoms with Crippen molar-refractivity contribution >= 4 is 26.6 Å². The normalized spacial score (nSPS) is 14.6. The average molecular weight is 338 g/mol. The Hall–Kier alpha value is -2.40. The summed E-state index contributed by atoms with van der Waals surface area (Å²) in [5, 5.41) is 0.840. The zero-order chi connectivity index (χ0) is 16.7. The van der Waals surface area contributed by atoms with E-state index in [0.717, 1.165) is 35.2 Å². The van der Waals surface area contributed by atoms with Crippen molar-refractivity contribution in [3.8, 4) is 0 Å². The SMILES string of the molecule is Cc1ccc2cccc(S(=O)(=O)N3CCCc4ccccc43)c2n1. The van der Waals surface area contributed by atoms with Crippen LogP contribution in [0.15, 0.2) is 59.5 Å². The van der Waals surface area contributed by atoms with Crippen LogP contribution in [0, 0.1) is 6.92 Å². The number of fused-ring (bicyclic) bond motifs is 2. The molecule has 0 amide bonds. The standard InChI is InChI=1S/C19H18N2O2S/c1-14-11-12-16-7-4-10-18(19(16)20-14)24(22,23)21-13-5-8-15-6-2-3-9-17(15)21/h2-4,6-7,9-12H,5,8,13H2,1H3. The number of pyridine rings is 1. The second-order valence-corrected chi connectivity index (χ2v) is 7.92. The van der Waals surface area contributed by atoms with Crippen LogP contribution in [0.1, 0.15) is 17.7 Å². The van der Waals surface area contributed by atoms with E-state index in [-0.39, 0.29) is 4.90 Å². The maximum absolute atomic E-state index is 13.4. The molecule has 4 rings (SSSR count). The third-order valence-electron chi connectivity index (χ3n) is 4.46. The fraction of sp³-hybridized carbons (Fsp3) is 0.211. The summed E-state index contributed by atoms with van der Waals surface area (Å²) in [6, 6.07) is 16.9. The summed E-state index contributed by atoms with van der Waals surface area (Å²) in [6.45, 7) is 2.38. The summed E-state index contributed by atoms with van der Waals surface area (Å²) >= 11 is 0. The van der Waals surface area contributed by atoms with Gasteiger partial charge >= 0.3 is 0 Å². The topological polar surface area (TPSA) is 50.3 Å². The highest BCUT2D eigenvalue weighted by molar-refractivity contribution is 7.93. The van der Waals surface area contributed by atoms with Gasteiger partial charge in [-0.05, 0) is 43.5 Å². The fourth-order valence-corrected chi connectivity index (χ4v) is 5.00. The Morgan fingerprint density at radius 1 is 1.00 bits per heavy atom. The maximum atomic E-state index is 13.4. The number of hydrogen-bond donors (Lipinski definition) is 0. The van der Waals surface area contributed by atoms with Crippen LogP contribution in [0.5, 0.6) is 0 Å². The van der Waals surface area contributed by atoms with Crippen LogP contribution in [-0.4, -0.2) is 19.9 Å². The number of aromatic nitrogens is 1. The van der Waals surface area contributed by atoms with Crippen LogP contribution in [0.4, 0.5) is 5.69 Å². The number of rotatable bonds is 2. The van der Waals surface area contributed by atoms with Crippen molar-refractivity contribution in [2.24, 2.45) is 0 Å². The minimum Gasteiger partial charge on any atom is -0.266 e. The molecule has 5 heteroatoms. The lowest BCUT2D eigenvalue weighted by atomic mass is 10.0. The monoisotopic (exact) mass is 338 g/mol. The second kappa shape index (κ2) is 5.60. The number of nitrogens with zero attached hydrogens (tertiary/aromatic N) is 2. The maximum Gasteiger partial charge on any atom is 0.266 e. The van der Waals surface area contributed by atoms with Crippen LogP contribution in [0.3, 0.4) is 0 Å². The second-order valence-electron chi connectivity index (χ2n) is 6.09. The van der Waals surface area contributed by atoms with Gasteiger partial charge in [0.2, 0.25) is 0 Å². The number of hydrogen-bond acceptors (Lipinski definition) is 3. The number of sulfonamides is 1. The zero-order valence-corrected chi connectivity index (χ0v) is 14.3. The molecule has 2 aromatic carbocycles. The van der Waals surface area contributed by atoms with Crippen LogP contribution in [0.25, 0.3) is 10.9 Å². The Morgan fingerprint density at radius 3 is 2.71 bits per heavy atom. The first-order valence-electron chi connectivity index (χ1n) is 8.04. The van der Waals surface area contributed by atoms with E-state index in [9.17, 15) is 8.42 Å². The largest absolute Gasteiger partial charge is 0.266 e. The third-order valence-corrected chi connectivity index (χ3v) is 6.30. The lowest BCUT2D eigenvalue weighted by Gasteiger charge is -2.30. The third kappa shape index (κ3) is 2.36. The zero-order valence-electron chi connectivity index (χ0n) is 13.4. The van der Waals surface area contributed by atoms with E-state index >= 15 is 0 Å². The predicted molar refractivity (Wildman–Crippen MR) is 95.8 cm³/mol. The molecular formula is C19H18N2O2S. The van der Waals surface area contributed by atoms with Crippen molar-refractivity contribution in [1.82, 2.24) is 4.98 Å². The average Bonchev–Trinajstić information content (AvgIpc) is 2.60. The minimum absolute atomic E-state index is 0.278. The van der Waals surface area contributed by atoms with Crippen molar-refractivity contribution in [3.05, 3.63) is 65.9 Å². The molecule has 1 aliphatic rings. The summed E-state index contributed by atoms with van der Waals surface area (Å²) in [7, 11) is -3.65. The summed E-state index contributed by atoms with van der Waals surface area (Å²) in [6.07, 6.45) is 1.74. The van der Waals surface area contributed by atoms with Gasteiger partial charge < -0.3 is 0 Å². The molecule has 0 atom stereocenters. The molecule has 0 unspecified atom stereocenters. The highest BCUT2D eigenvalue weighted by Crippen LogP contribution is 2.33. The Kier molecular flexibility index (Phi) is 3.53. The molecule has 4 nitrogen and oxygen atoms in total. The molecule has 0 spiro atoms. The number of benzene rings is 2. The Balaban J connectivity index is 1.93. The Labute approximate surface area is 141 Å². The van der Waals surface area contributed by atoms with Crippen molar-refractivity contribution in [3.63, 3.8) is 0 Å². The molecule has 0 bridgehead atoms. The number of aryl methyl sites for hydroxylation is 2. The summed E-state index contributed by atoms with van der Waals surface area (Å²) in [5.74, 6) is 0. The van der Waals surface area contributed by atoms with Gasteiger partial charge in [-0.1, -0.05) is 36.4 Å². The smallest absolute Gasteiger partial charge is 0.266 e. The molecule has 2 heterocycles. The molecule has 3 aromatic rings. The highest BCUT2D eigenvalue weighted by Gasteiger charge is 2.30. The van der Waals surface area contributed by atoms with Gasteiger partial charge in [0.1, 0.15) is 4.90 Å². The molecule has 0 saturated carbocycles. The summed E-state index contributed by atoms with van der Waals surface area (Å²) < 4.78 is 28.3. The lowest BCUT2D eigenvalue weighted by molar-refractivity contribution is 0.587. The van der Waals surface area contributed by atoms with Crippen LogP contribution in [0.2, 0.25) is 0 Å². The fourth-order valence-electron chi connectivity index (χ4n) is 3.29. The van der Waals surface area contributed by atoms with Crippen LogP contribution >= 0.6 is 0 Å². The van der Waals surface area contributed by atoms with Gasteiger partial charge in [-0.3, -0.25) is 9.29 Å². The van der Waals surface area contributed by atoms with Gasteiger partial charge in [0.05, 0.1) is 11.2 Å². The van der Waals surface area contributed by atoms with Gasteiger partial charge in [-0.15, -0.1) is 0 Å². The molecule has 1 aromatic heterocycles. The summed E-state index contributed by atoms with van der Waals surface area (Å²) in [5.41, 5.74) is 3.22. The van der Waals surface area contributed by atoms with E-state index in [1.54, 1.807) is 12.1 Å². The van der Waals surface area contributed by atoms with Gasteiger partial charge in [-0.2, -0.15) is 0 Å². The van der Waals surface area contributed by atoms with Gasteiger partial charge in [0.15, 0.2) is 0 Å². The van der Waals surface area contributed by atoms with E-state index in [0.29, 0.717) is 12.1 Å². The molecule has 0 N–H and O–H groups in total. The van der Waals surface area contributed by atoms with Crippen LogP contribution < -0.4 is 4.31 Å². The highest BCUT2D eigenvalue weighted by atomic mass is 32.2. The first-order valence-corrected chi connectivity index (χ1v) is 9.48. The number of para-hydroxylation sites is 2. The predicted octanol–water partition coefficient (Wildman–Crippen LogP) is 3.68. The van der Waals surface area contributed by atoms with Crippen molar-refractivity contribution in [2.75, 3.05) is 10.8 Å². The van der Waals surface area contributed by atoms with E-state index in [1.165, 1.54) is 4.31 Å². The number of anilines is 1. The quantitative estimate of drug-likeness (QED) is 0.716.